The third kappa shape index (κ3) is 6.02. The van der Waals surface area contributed by atoms with Gasteiger partial charge in [0.1, 0.15) is 0 Å². The SMILES string of the molecule is COCCCC1CCCN(C(=O)NCc2ccc(C(=O)N(C)C)cc2)C1. The first-order valence-electron chi connectivity index (χ1n) is 9.33. The number of ether oxygens (including phenoxy) is 1. The zero-order valence-electron chi connectivity index (χ0n) is 16.2. The van der Waals surface area contributed by atoms with Gasteiger partial charge in [-0.25, -0.2) is 4.79 Å². The average molecular weight is 361 g/mol. The molecule has 1 aliphatic rings. The number of rotatable bonds is 7. The van der Waals surface area contributed by atoms with Crippen molar-refractivity contribution in [2.24, 2.45) is 5.92 Å². The molecule has 1 N–H and O–H groups in total. The van der Waals surface area contributed by atoms with E-state index in [0.29, 0.717) is 18.0 Å². The van der Waals surface area contributed by atoms with Gasteiger partial charge in [0.2, 0.25) is 0 Å². The number of urea groups is 1. The predicted molar refractivity (Wildman–Crippen MR) is 102 cm³/mol. The molecule has 1 unspecified atom stereocenters. The van der Waals surface area contributed by atoms with Gasteiger partial charge in [-0.3, -0.25) is 4.79 Å². The largest absolute Gasteiger partial charge is 0.385 e. The lowest BCUT2D eigenvalue weighted by Crippen LogP contribution is -2.45. The van der Waals surface area contributed by atoms with Crippen molar-refractivity contribution < 1.29 is 14.3 Å². The molecule has 3 amide bonds. The molecule has 0 spiro atoms. The van der Waals surface area contributed by atoms with Gasteiger partial charge < -0.3 is 19.9 Å². The highest BCUT2D eigenvalue weighted by Crippen LogP contribution is 2.21. The molecular weight excluding hydrogens is 330 g/mol. The average Bonchev–Trinajstić information content (AvgIpc) is 2.66. The normalized spacial score (nSPS) is 17.0. The lowest BCUT2D eigenvalue weighted by atomic mass is 9.94. The van der Waals surface area contributed by atoms with Crippen molar-refractivity contribution in [1.82, 2.24) is 15.1 Å². The fourth-order valence-electron chi connectivity index (χ4n) is 3.31. The van der Waals surface area contributed by atoms with Crippen molar-refractivity contribution in [3.8, 4) is 0 Å². The van der Waals surface area contributed by atoms with Crippen LogP contribution in [0.25, 0.3) is 0 Å². The highest BCUT2D eigenvalue weighted by Gasteiger charge is 2.23. The number of amides is 3. The first kappa shape index (κ1) is 20.2. The molecule has 1 saturated heterocycles. The lowest BCUT2D eigenvalue weighted by Gasteiger charge is -2.32. The van der Waals surface area contributed by atoms with Crippen LogP contribution in [0.5, 0.6) is 0 Å². The van der Waals surface area contributed by atoms with Crippen LogP contribution in [0, 0.1) is 5.92 Å². The highest BCUT2D eigenvalue weighted by atomic mass is 16.5. The van der Waals surface area contributed by atoms with Gasteiger partial charge in [-0.15, -0.1) is 0 Å². The van der Waals surface area contributed by atoms with Crippen molar-refractivity contribution in [1.29, 1.82) is 0 Å². The molecule has 6 heteroatoms. The van der Waals surface area contributed by atoms with E-state index in [2.05, 4.69) is 5.32 Å². The van der Waals surface area contributed by atoms with Crippen LogP contribution in [0.4, 0.5) is 4.79 Å². The molecule has 1 aromatic rings. The summed E-state index contributed by atoms with van der Waals surface area (Å²) in [6.45, 7) is 2.91. The molecule has 0 saturated carbocycles. The molecule has 1 aliphatic heterocycles. The summed E-state index contributed by atoms with van der Waals surface area (Å²) >= 11 is 0. The van der Waals surface area contributed by atoms with E-state index < -0.39 is 0 Å². The Morgan fingerprint density at radius 1 is 1.27 bits per heavy atom. The Balaban J connectivity index is 1.79. The summed E-state index contributed by atoms with van der Waals surface area (Å²) in [4.78, 5) is 27.8. The van der Waals surface area contributed by atoms with Crippen LogP contribution in [-0.4, -0.2) is 62.6 Å². The molecular formula is C20H31N3O3. The van der Waals surface area contributed by atoms with Crippen LogP contribution in [0.1, 0.15) is 41.6 Å². The van der Waals surface area contributed by atoms with Gasteiger partial charge in [-0.2, -0.15) is 0 Å². The minimum absolute atomic E-state index is 0.00474. The number of piperidine rings is 1. The van der Waals surface area contributed by atoms with E-state index in [1.807, 2.05) is 17.0 Å². The minimum atomic E-state index is -0.0200. The first-order valence-corrected chi connectivity index (χ1v) is 9.33. The molecule has 0 radical (unpaired) electrons. The quantitative estimate of drug-likeness (QED) is 0.760. The number of carbonyl (C=O) groups is 2. The van der Waals surface area contributed by atoms with E-state index >= 15 is 0 Å². The van der Waals surface area contributed by atoms with Crippen LogP contribution in [-0.2, 0) is 11.3 Å². The zero-order valence-corrected chi connectivity index (χ0v) is 16.2. The Hall–Kier alpha value is -2.08. The smallest absolute Gasteiger partial charge is 0.317 e. The van der Waals surface area contributed by atoms with Gasteiger partial charge in [0.05, 0.1) is 0 Å². The molecule has 26 heavy (non-hydrogen) atoms. The van der Waals surface area contributed by atoms with Crippen LogP contribution in [0.2, 0.25) is 0 Å². The number of hydrogen-bond acceptors (Lipinski definition) is 3. The first-order chi connectivity index (χ1) is 12.5. The van der Waals surface area contributed by atoms with Crippen molar-refractivity contribution in [3.63, 3.8) is 0 Å². The van der Waals surface area contributed by atoms with Gasteiger partial charge in [0.25, 0.3) is 5.91 Å². The van der Waals surface area contributed by atoms with Gasteiger partial charge in [-0.05, 0) is 49.3 Å². The van der Waals surface area contributed by atoms with Gasteiger partial charge in [0.15, 0.2) is 0 Å². The summed E-state index contributed by atoms with van der Waals surface area (Å²) in [5.41, 5.74) is 1.64. The molecule has 1 heterocycles. The molecule has 6 nitrogen and oxygen atoms in total. The number of nitrogens with zero attached hydrogens (tertiary/aromatic N) is 2. The maximum atomic E-state index is 12.4. The molecule has 0 bridgehead atoms. The van der Waals surface area contributed by atoms with E-state index in [0.717, 1.165) is 44.5 Å². The fourth-order valence-corrected chi connectivity index (χ4v) is 3.31. The minimum Gasteiger partial charge on any atom is -0.385 e. The Morgan fingerprint density at radius 2 is 2.00 bits per heavy atom. The lowest BCUT2D eigenvalue weighted by molar-refractivity contribution is 0.0827. The summed E-state index contributed by atoms with van der Waals surface area (Å²) in [7, 11) is 5.19. The van der Waals surface area contributed by atoms with Gasteiger partial charge >= 0.3 is 6.03 Å². The molecule has 1 atom stereocenters. The second-order valence-corrected chi connectivity index (χ2v) is 7.14. The monoisotopic (exact) mass is 361 g/mol. The molecule has 0 aliphatic carbocycles. The van der Waals surface area contributed by atoms with E-state index in [9.17, 15) is 9.59 Å². The number of nitrogens with one attached hydrogen (secondary N) is 1. The fraction of sp³-hybridized carbons (Fsp3) is 0.600. The maximum Gasteiger partial charge on any atom is 0.317 e. The van der Waals surface area contributed by atoms with E-state index in [4.69, 9.17) is 4.74 Å². The van der Waals surface area contributed by atoms with E-state index in [1.165, 1.54) is 6.42 Å². The van der Waals surface area contributed by atoms with Crippen LogP contribution >= 0.6 is 0 Å². The summed E-state index contributed by atoms with van der Waals surface area (Å²) in [5, 5.41) is 2.99. The Labute approximate surface area is 156 Å². The van der Waals surface area contributed by atoms with Crippen molar-refractivity contribution in [2.75, 3.05) is 40.9 Å². The second kappa shape index (κ2) is 10.2. The molecule has 1 fully saturated rings. The molecule has 0 aromatic heterocycles. The van der Waals surface area contributed by atoms with E-state index in [1.54, 1.807) is 38.2 Å². The maximum absolute atomic E-state index is 12.4. The van der Waals surface area contributed by atoms with Gasteiger partial charge in [0, 0.05) is 53.0 Å². The van der Waals surface area contributed by atoms with Crippen LogP contribution in [0.15, 0.2) is 24.3 Å². The molecule has 1 aromatic carbocycles. The Kier molecular flexibility index (Phi) is 7.91. The molecule has 144 valence electrons. The second-order valence-electron chi connectivity index (χ2n) is 7.14. The Bertz CT molecular complexity index is 586. The highest BCUT2D eigenvalue weighted by molar-refractivity contribution is 5.93. The predicted octanol–water partition coefficient (Wildman–Crippen LogP) is 2.74. The van der Waals surface area contributed by atoms with Crippen LogP contribution in [0.3, 0.4) is 0 Å². The standard InChI is InChI=1S/C20H31N3O3/c1-22(2)19(24)18-10-8-16(9-11-18)14-21-20(25)23-12-4-6-17(15-23)7-5-13-26-3/h8-11,17H,4-7,12-15H2,1-3H3,(H,21,25). The third-order valence-corrected chi connectivity index (χ3v) is 4.82. The number of methoxy groups -OCH3 is 1. The van der Waals surface area contributed by atoms with E-state index in [-0.39, 0.29) is 11.9 Å². The zero-order chi connectivity index (χ0) is 18.9. The summed E-state index contributed by atoms with van der Waals surface area (Å²) < 4.78 is 5.11. The number of likely N-dealkylation sites (tertiary alicyclic amines) is 1. The number of carbonyl (C=O) groups excluding carboxylic acids is 2. The molecule has 2 rings (SSSR count). The van der Waals surface area contributed by atoms with Gasteiger partial charge in [-0.1, -0.05) is 12.1 Å². The Morgan fingerprint density at radius 3 is 2.65 bits per heavy atom. The number of benzene rings is 1. The van der Waals surface area contributed by atoms with Crippen molar-refractivity contribution in [3.05, 3.63) is 35.4 Å². The topological polar surface area (TPSA) is 61.9 Å². The van der Waals surface area contributed by atoms with Crippen molar-refractivity contribution in [2.45, 2.75) is 32.2 Å². The van der Waals surface area contributed by atoms with Crippen molar-refractivity contribution >= 4 is 11.9 Å². The third-order valence-electron chi connectivity index (χ3n) is 4.82. The number of hydrogen-bond donors (Lipinski definition) is 1. The van der Waals surface area contributed by atoms with Crippen LogP contribution < -0.4 is 5.32 Å². The summed E-state index contributed by atoms with van der Waals surface area (Å²) in [5.74, 6) is 0.550. The summed E-state index contributed by atoms with van der Waals surface area (Å²) in [6, 6.07) is 7.38. The summed E-state index contributed by atoms with van der Waals surface area (Å²) in [6.07, 6.45) is 4.41.